The molecule has 0 bridgehead atoms. The van der Waals surface area contributed by atoms with E-state index in [4.69, 9.17) is 0 Å². The lowest BCUT2D eigenvalue weighted by Crippen LogP contribution is -2.25. The Bertz CT molecular complexity index is 587. The second kappa shape index (κ2) is 6.22. The zero-order valence-corrected chi connectivity index (χ0v) is 11.5. The first-order valence-corrected chi connectivity index (χ1v) is 7.01. The number of hydrogen-bond acceptors (Lipinski definition) is 3. The summed E-state index contributed by atoms with van der Waals surface area (Å²) in [5.41, 5.74) is 2.24. The number of aromatic amines is 1. The van der Waals surface area contributed by atoms with Crippen molar-refractivity contribution in [3.63, 3.8) is 0 Å². The summed E-state index contributed by atoms with van der Waals surface area (Å²) in [5.74, 6) is 1.12. The van der Waals surface area contributed by atoms with Gasteiger partial charge in [0, 0.05) is 18.4 Å². The van der Waals surface area contributed by atoms with Gasteiger partial charge >= 0.3 is 6.61 Å². The van der Waals surface area contributed by atoms with Crippen LogP contribution in [0.1, 0.15) is 35.8 Å². The number of aryl methyl sites for hydroxylation is 1. The molecular weight excluding hydrogens is 276 g/mol. The highest BCUT2D eigenvalue weighted by molar-refractivity contribution is 5.39. The zero-order valence-electron chi connectivity index (χ0n) is 11.5. The number of nitrogens with zero attached hydrogens (tertiary/aromatic N) is 1. The van der Waals surface area contributed by atoms with E-state index in [0.29, 0.717) is 6.54 Å². The van der Waals surface area contributed by atoms with Crippen molar-refractivity contribution < 1.29 is 13.5 Å². The number of fused-ring (bicyclic) bond motifs is 1. The number of benzene rings is 1. The number of imidazole rings is 1. The van der Waals surface area contributed by atoms with Crippen molar-refractivity contribution in [1.82, 2.24) is 15.3 Å². The van der Waals surface area contributed by atoms with Gasteiger partial charge in [0.25, 0.3) is 0 Å². The van der Waals surface area contributed by atoms with Crippen molar-refractivity contribution in [2.45, 2.75) is 38.5 Å². The second-order valence-electron chi connectivity index (χ2n) is 5.10. The number of rotatable bonds is 5. The van der Waals surface area contributed by atoms with E-state index in [-0.39, 0.29) is 11.8 Å². The number of nitrogens with one attached hydrogen (secondary N) is 2. The third-order valence-corrected chi connectivity index (χ3v) is 3.72. The van der Waals surface area contributed by atoms with E-state index < -0.39 is 6.61 Å². The van der Waals surface area contributed by atoms with E-state index in [2.05, 4.69) is 20.0 Å². The standard InChI is InChI=1S/C15H17F2N3O/c16-15(17)21-11-4-5-12-10(8-11)2-1-3-13(12)20-9-14-18-6-7-19-14/h4-8,13,15,20H,1-3,9H2,(H,18,19)/t13-/m0/s1. The fourth-order valence-electron chi connectivity index (χ4n) is 2.79. The van der Waals surface area contributed by atoms with Crippen LogP contribution in [0, 0.1) is 0 Å². The van der Waals surface area contributed by atoms with E-state index in [1.54, 1.807) is 24.5 Å². The molecule has 4 nitrogen and oxygen atoms in total. The lowest BCUT2D eigenvalue weighted by Gasteiger charge is -2.26. The molecule has 21 heavy (non-hydrogen) atoms. The number of aromatic nitrogens is 2. The summed E-state index contributed by atoms with van der Waals surface area (Å²) in [6, 6.07) is 5.44. The van der Waals surface area contributed by atoms with Crippen molar-refractivity contribution in [1.29, 1.82) is 0 Å². The van der Waals surface area contributed by atoms with Crippen molar-refractivity contribution in [3.8, 4) is 5.75 Å². The van der Waals surface area contributed by atoms with Crippen LogP contribution in [0.4, 0.5) is 8.78 Å². The topological polar surface area (TPSA) is 49.9 Å². The summed E-state index contributed by atoms with van der Waals surface area (Å²) < 4.78 is 29.0. The van der Waals surface area contributed by atoms with Gasteiger partial charge < -0.3 is 15.0 Å². The van der Waals surface area contributed by atoms with Crippen LogP contribution in [0.15, 0.2) is 30.6 Å². The van der Waals surface area contributed by atoms with Crippen molar-refractivity contribution in [2.24, 2.45) is 0 Å². The molecule has 0 fully saturated rings. The number of alkyl halides is 2. The maximum Gasteiger partial charge on any atom is 0.387 e. The highest BCUT2D eigenvalue weighted by Gasteiger charge is 2.21. The monoisotopic (exact) mass is 293 g/mol. The maximum absolute atomic E-state index is 12.3. The molecular formula is C15H17F2N3O. The van der Waals surface area contributed by atoms with E-state index in [1.165, 1.54) is 0 Å². The molecule has 2 N–H and O–H groups in total. The van der Waals surface area contributed by atoms with Gasteiger partial charge in [0.05, 0.1) is 6.54 Å². The van der Waals surface area contributed by atoms with Crippen LogP contribution in [-0.4, -0.2) is 16.6 Å². The van der Waals surface area contributed by atoms with Crippen LogP contribution in [0.25, 0.3) is 0 Å². The van der Waals surface area contributed by atoms with Gasteiger partial charge in [0.2, 0.25) is 0 Å². The molecule has 112 valence electrons. The van der Waals surface area contributed by atoms with Crippen LogP contribution in [-0.2, 0) is 13.0 Å². The minimum absolute atomic E-state index is 0.222. The Morgan fingerprint density at radius 3 is 3.10 bits per heavy atom. The normalized spacial score (nSPS) is 17.8. The molecule has 0 aliphatic heterocycles. The average Bonchev–Trinajstić information content (AvgIpc) is 2.97. The van der Waals surface area contributed by atoms with E-state index in [9.17, 15) is 8.78 Å². The van der Waals surface area contributed by atoms with Gasteiger partial charge in [0.1, 0.15) is 11.6 Å². The van der Waals surface area contributed by atoms with E-state index in [1.807, 2.05) is 6.07 Å². The number of halogens is 2. The Labute approximate surface area is 121 Å². The van der Waals surface area contributed by atoms with Crippen LogP contribution >= 0.6 is 0 Å². The largest absolute Gasteiger partial charge is 0.435 e. The molecule has 0 saturated carbocycles. The predicted molar refractivity (Wildman–Crippen MR) is 74.2 cm³/mol. The summed E-state index contributed by atoms with van der Waals surface area (Å²) in [6.07, 6.45) is 6.47. The SMILES string of the molecule is FC(F)Oc1ccc2c(c1)CCC[C@@H]2NCc1ncc[nH]1. The van der Waals surface area contributed by atoms with Crippen molar-refractivity contribution >= 4 is 0 Å². The number of hydrogen-bond donors (Lipinski definition) is 2. The minimum Gasteiger partial charge on any atom is -0.435 e. The van der Waals surface area contributed by atoms with Gasteiger partial charge in [-0.2, -0.15) is 8.78 Å². The molecule has 2 aromatic rings. The quantitative estimate of drug-likeness (QED) is 0.890. The third kappa shape index (κ3) is 3.39. The van der Waals surface area contributed by atoms with Gasteiger partial charge in [-0.1, -0.05) is 6.07 Å². The number of H-pyrrole nitrogens is 1. The molecule has 1 aromatic heterocycles. The molecule has 0 saturated heterocycles. The molecule has 1 atom stereocenters. The predicted octanol–water partition coefficient (Wildman–Crippen LogP) is 3.18. The summed E-state index contributed by atoms with van der Waals surface area (Å²) in [4.78, 5) is 7.24. The molecule has 1 heterocycles. The van der Waals surface area contributed by atoms with Gasteiger partial charge in [0.15, 0.2) is 0 Å². The van der Waals surface area contributed by atoms with Crippen LogP contribution in [0.2, 0.25) is 0 Å². The molecule has 0 amide bonds. The van der Waals surface area contributed by atoms with Crippen LogP contribution in [0.5, 0.6) is 5.75 Å². The average molecular weight is 293 g/mol. The second-order valence-corrected chi connectivity index (χ2v) is 5.10. The van der Waals surface area contributed by atoms with E-state index >= 15 is 0 Å². The molecule has 1 aliphatic rings. The fraction of sp³-hybridized carbons (Fsp3) is 0.400. The van der Waals surface area contributed by atoms with Gasteiger partial charge in [-0.05, 0) is 42.5 Å². The highest BCUT2D eigenvalue weighted by Crippen LogP contribution is 2.32. The smallest absolute Gasteiger partial charge is 0.387 e. The van der Waals surface area contributed by atoms with Crippen LogP contribution < -0.4 is 10.1 Å². The van der Waals surface area contributed by atoms with Gasteiger partial charge in [-0.15, -0.1) is 0 Å². The molecule has 0 unspecified atom stereocenters. The first kappa shape index (κ1) is 14.0. The summed E-state index contributed by atoms with van der Waals surface area (Å²) in [5, 5.41) is 3.46. The maximum atomic E-state index is 12.3. The third-order valence-electron chi connectivity index (χ3n) is 3.72. The number of ether oxygens (including phenoxy) is 1. The molecule has 1 aliphatic carbocycles. The highest BCUT2D eigenvalue weighted by atomic mass is 19.3. The van der Waals surface area contributed by atoms with Crippen molar-refractivity contribution in [2.75, 3.05) is 0 Å². The molecule has 6 heteroatoms. The lowest BCUT2D eigenvalue weighted by atomic mass is 9.87. The van der Waals surface area contributed by atoms with Gasteiger partial charge in [-0.25, -0.2) is 4.98 Å². The Morgan fingerprint density at radius 1 is 1.43 bits per heavy atom. The van der Waals surface area contributed by atoms with Gasteiger partial charge in [-0.3, -0.25) is 0 Å². The zero-order chi connectivity index (χ0) is 14.7. The minimum atomic E-state index is -2.78. The Kier molecular flexibility index (Phi) is 4.15. The molecule has 0 radical (unpaired) electrons. The molecule has 0 spiro atoms. The fourth-order valence-corrected chi connectivity index (χ4v) is 2.79. The Hall–Kier alpha value is -1.95. The lowest BCUT2D eigenvalue weighted by molar-refractivity contribution is -0.0499. The molecule has 3 rings (SSSR count). The first-order valence-electron chi connectivity index (χ1n) is 7.01. The summed E-state index contributed by atoms with van der Waals surface area (Å²) >= 11 is 0. The Balaban J connectivity index is 1.72. The summed E-state index contributed by atoms with van der Waals surface area (Å²) in [6.45, 7) is -2.12. The molecule has 1 aromatic carbocycles. The van der Waals surface area contributed by atoms with Crippen LogP contribution in [0.3, 0.4) is 0 Å². The summed E-state index contributed by atoms with van der Waals surface area (Å²) in [7, 11) is 0. The van der Waals surface area contributed by atoms with E-state index in [0.717, 1.165) is 36.2 Å². The van der Waals surface area contributed by atoms with Crippen molar-refractivity contribution in [3.05, 3.63) is 47.5 Å². The first-order chi connectivity index (χ1) is 10.2. The Morgan fingerprint density at radius 2 is 2.33 bits per heavy atom.